The van der Waals surface area contributed by atoms with E-state index in [1.165, 1.54) is 12.4 Å². The van der Waals surface area contributed by atoms with E-state index in [0.717, 1.165) is 58.9 Å². The Kier molecular flexibility index (Phi) is 5.14. The van der Waals surface area contributed by atoms with Crippen LogP contribution in [-0.2, 0) is 17.8 Å². The predicted octanol–water partition coefficient (Wildman–Crippen LogP) is 2.69. The Morgan fingerprint density at radius 1 is 1.23 bits per heavy atom. The number of pyridine rings is 2. The smallest absolute Gasteiger partial charge is 0.241 e. The minimum atomic E-state index is -0.549. The molecule has 3 aromatic heterocycles. The molecule has 1 amide bonds. The Morgan fingerprint density at radius 3 is 2.80 bits per heavy atom. The molecule has 4 N–H and O–H groups in total. The highest BCUT2D eigenvalue weighted by molar-refractivity contribution is 5.93. The first-order chi connectivity index (χ1) is 14.5. The van der Waals surface area contributed by atoms with Crippen LogP contribution in [-0.4, -0.2) is 32.0 Å². The molecule has 0 fully saturated rings. The lowest BCUT2D eigenvalue weighted by atomic mass is 9.97. The SMILES string of the molecule is Cc1cc(C)nc(-c2nn3c(c2-c2ccc(N=CN)nc2/C=C/C(N)=O)CCC3)c1. The lowest BCUT2D eigenvalue weighted by Crippen LogP contribution is -2.05. The summed E-state index contributed by atoms with van der Waals surface area (Å²) in [6.45, 7) is 4.88. The van der Waals surface area contributed by atoms with Crippen molar-refractivity contribution in [2.24, 2.45) is 16.5 Å². The number of amides is 1. The molecule has 0 atom stereocenters. The van der Waals surface area contributed by atoms with E-state index in [2.05, 4.69) is 9.98 Å². The number of carbonyl (C=O) groups is 1. The van der Waals surface area contributed by atoms with Crippen LogP contribution in [0.2, 0.25) is 0 Å². The number of primary amides is 1. The van der Waals surface area contributed by atoms with E-state index in [9.17, 15) is 4.79 Å². The predicted molar refractivity (Wildman–Crippen MR) is 117 cm³/mol. The Morgan fingerprint density at radius 2 is 2.07 bits per heavy atom. The van der Waals surface area contributed by atoms with Gasteiger partial charge in [0.15, 0.2) is 5.82 Å². The van der Waals surface area contributed by atoms with Crippen LogP contribution >= 0.6 is 0 Å². The van der Waals surface area contributed by atoms with Crippen molar-refractivity contribution < 1.29 is 4.79 Å². The number of nitrogens with zero attached hydrogens (tertiary/aromatic N) is 5. The van der Waals surface area contributed by atoms with Gasteiger partial charge in [-0.25, -0.2) is 9.98 Å². The Labute approximate surface area is 174 Å². The van der Waals surface area contributed by atoms with Gasteiger partial charge in [0.1, 0.15) is 5.69 Å². The van der Waals surface area contributed by atoms with Crippen LogP contribution in [0, 0.1) is 13.8 Å². The summed E-state index contributed by atoms with van der Waals surface area (Å²) in [5, 5.41) is 4.88. The number of rotatable bonds is 5. The van der Waals surface area contributed by atoms with Gasteiger partial charge in [-0.1, -0.05) is 0 Å². The summed E-state index contributed by atoms with van der Waals surface area (Å²) in [6.07, 6.45) is 6.03. The summed E-state index contributed by atoms with van der Waals surface area (Å²) < 4.78 is 2.04. The van der Waals surface area contributed by atoms with E-state index in [-0.39, 0.29) is 0 Å². The van der Waals surface area contributed by atoms with Crippen LogP contribution in [0.3, 0.4) is 0 Å². The molecule has 0 spiro atoms. The van der Waals surface area contributed by atoms with E-state index in [1.54, 1.807) is 12.1 Å². The van der Waals surface area contributed by atoms with E-state index in [0.29, 0.717) is 11.5 Å². The number of fused-ring (bicyclic) bond motifs is 1. The van der Waals surface area contributed by atoms with Crippen molar-refractivity contribution in [3.63, 3.8) is 0 Å². The van der Waals surface area contributed by atoms with Gasteiger partial charge >= 0.3 is 0 Å². The second-order valence-corrected chi connectivity index (χ2v) is 7.28. The van der Waals surface area contributed by atoms with Crippen LogP contribution < -0.4 is 11.5 Å². The van der Waals surface area contributed by atoms with Crippen LogP contribution in [0.4, 0.5) is 5.82 Å². The normalized spacial score (nSPS) is 13.4. The number of carbonyl (C=O) groups excluding carboxylic acids is 1. The molecular formula is C22H23N7O. The number of nitrogens with two attached hydrogens (primary N) is 2. The van der Waals surface area contributed by atoms with Crippen molar-refractivity contribution in [3.8, 4) is 22.5 Å². The van der Waals surface area contributed by atoms with Crippen LogP contribution in [0.25, 0.3) is 28.6 Å². The van der Waals surface area contributed by atoms with Gasteiger partial charge in [-0.05, 0) is 62.6 Å². The highest BCUT2D eigenvalue weighted by Gasteiger charge is 2.26. The molecule has 3 aromatic rings. The molecule has 4 rings (SSSR count). The molecule has 0 radical (unpaired) electrons. The van der Waals surface area contributed by atoms with Gasteiger partial charge < -0.3 is 11.5 Å². The Balaban J connectivity index is 1.97. The number of aromatic nitrogens is 4. The van der Waals surface area contributed by atoms with Crippen LogP contribution in [0.5, 0.6) is 0 Å². The molecule has 0 saturated carbocycles. The monoisotopic (exact) mass is 401 g/mol. The zero-order valence-corrected chi connectivity index (χ0v) is 17.0. The van der Waals surface area contributed by atoms with Crippen molar-refractivity contribution in [1.29, 1.82) is 0 Å². The lowest BCUT2D eigenvalue weighted by molar-refractivity contribution is -0.113. The molecule has 0 aliphatic carbocycles. The average Bonchev–Trinajstić information content (AvgIpc) is 3.27. The molecule has 4 heterocycles. The maximum Gasteiger partial charge on any atom is 0.241 e. The zero-order chi connectivity index (χ0) is 21.3. The molecule has 8 heteroatoms. The Bertz CT molecular complexity index is 1170. The minimum absolute atomic E-state index is 0.445. The highest BCUT2D eigenvalue weighted by Crippen LogP contribution is 2.39. The summed E-state index contributed by atoms with van der Waals surface area (Å²) >= 11 is 0. The third-order valence-corrected chi connectivity index (χ3v) is 4.97. The van der Waals surface area contributed by atoms with Crippen molar-refractivity contribution in [2.45, 2.75) is 33.2 Å². The summed E-state index contributed by atoms with van der Waals surface area (Å²) in [5.41, 5.74) is 18.0. The minimum Gasteiger partial charge on any atom is -0.390 e. The van der Waals surface area contributed by atoms with Crippen molar-refractivity contribution in [2.75, 3.05) is 0 Å². The molecule has 0 unspecified atom stereocenters. The Hall–Kier alpha value is -3.81. The van der Waals surface area contributed by atoms with Gasteiger partial charge in [0.05, 0.1) is 17.7 Å². The lowest BCUT2D eigenvalue weighted by Gasteiger charge is -2.10. The van der Waals surface area contributed by atoms with Gasteiger partial charge in [-0.2, -0.15) is 5.10 Å². The molecule has 1 aliphatic rings. The van der Waals surface area contributed by atoms with Gasteiger partial charge in [-0.3, -0.25) is 14.5 Å². The average molecular weight is 401 g/mol. The molecular weight excluding hydrogens is 378 g/mol. The number of aryl methyl sites for hydroxylation is 3. The first-order valence-electron chi connectivity index (χ1n) is 9.75. The third kappa shape index (κ3) is 3.71. The van der Waals surface area contributed by atoms with Gasteiger partial charge in [-0.15, -0.1) is 0 Å². The summed E-state index contributed by atoms with van der Waals surface area (Å²) in [4.78, 5) is 24.7. The van der Waals surface area contributed by atoms with E-state index in [4.69, 9.17) is 21.5 Å². The molecule has 152 valence electrons. The first kappa shape index (κ1) is 19.5. The largest absolute Gasteiger partial charge is 0.390 e. The molecule has 1 aliphatic heterocycles. The first-order valence-corrected chi connectivity index (χ1v) is 9.75. The van der Waals surface area contributed by atoms with Crippen molar-refractivity contribution >= 4 is 24.1 Å². The van der Waals surface area contributed by atoms with E-state index >= 15 is 0 Å². The third-order valence-electron chi connectivity index (χ3n) is 4.97. The fraction of sp³-hybridized carbons (Fsp3) is 0.227. The fourth-order valence-corrected chi connectivity index (χ4v) is 3.87. The highest BCUT2D eigenvalue weighted by atomic mass is 16.1. The number of hydrogen-bond donors (Lipinski definition) is 2. The summed E-state index contributed by atoms with van der Waals surface area (Å²) in [6, 6.07) is 7.79. The zero-order valence-electron chi connectivity index (χ0n) is 17.0. The second kappa shape index (κ2) is 7.90. The fourth-order valence-electron chi connectivity index (χ4n) is 3.87. The topological polar surface area (TPSA) is 125 Å². The number of aliphatic imine (C=N–C) groups is 1. The number of hydrogen-bond acceptors (Lipinski definition) is 5. The van der Waals surface area contributed by atoms with Gasteiger partial charge in [0.25, 0.3) is 0 Å². The van der Waals surface area contributed by atoms with Crippen molar-refractivity contribution in [3.05, 3.63) is 53.0 Å². The molecule has 0 saturated heterocycles. The molecule has 8 nitrogen and oxygen atoms in total. The second-order valence-electron chi connectivity index (χ2n) is 7.28. The molecule has 0 aromatic carbocycles. The van der Waals surface area contributed by atoms with Crippen LogP contribution in [0.15, 0.2) is 35.3 Å². The van der Waals surface area contributed by atoms with E-state index in [1.807, 2.05) is 36.7 Å². The maximum atomic E-state index is 11.4. The van der Waals surface area contributed by atoms with Gasteiger partial charge in [0.2, 0.25) is 5.91 Å². The van der Waals surface area contributed by atoms with Crippen LogP contribution in [0.1, 0.15) is 29.1 Å². The maximum absolute atomic E-state index is 11.4. The summed E-state index contributed by atoms with van der Waals surface area (Å²) in [5.74, 6) is -0.104. The standard InChI is InChI=1S/C22H23N7O/c1-13-10-14(2)26-17(11-13)22-21(18-4-3-9-29(18)28-22)15-5-8-20(25-12-23)27-16(15)6-7-19(24)30/h5-8,10-12H,3-4,9H2,1-2H3,(H2,24,30)(H2,23,25,27)/b7-6+. The molecule has 30 heavy (non-hydrogen) atoms. The summed E-state index contributed by atoms with van der Waals surface area (Å²) in [7, 11) is 0. The molecule has 0 bridgehead atoms. The quantitative estimate of drug-likeness (QED) is 0.386. The van der Waals surface area contributed by atoms with Crippen molar-refractivity contribution in [1.82, 2.24) is 19.7 Å². The van der Waals surface area contributed by atoms with E-state index < -0.39 is 5.91 Å². The van der Waals surface area contributed by atoms with Gasteiger partial charge in [0, 0.05) is 35.1 Å².